The maximum atomic E-state index is 13.8. The number of nitrogens with one attached hydrogen (secondary N) is 1. The van der Waals surface area contributed by atoms with Gasteiger partial charge < -0.3 is 10.5 Å². The van der Waals surface area contributed by atoms with Crippen LogP contribution in [0.2, 0.25) is 5.02 Å². The first-order valence-corrected chi connectivity index (χ1v) is 8.12. The molecule has 1 aromatic rings. The molecule has 20 heavy (non-hydrogen) atoms. The van der Waals surface area contributed by atoms with Gasteiger partial charge in [-0.1, -0.05) is 11.6 Å². The van der Waals surface area contributed by atoms with E-state index in [1.54, 1.807) is 0 Å². The first-order valence-electron chi connectivity index (χ1n) is 6.26. The van der Waals surface area contributed by atoms with E-state index in [2.05, 4.69) is 4.72 Å². The van der Waals surface area contributed by atoms with Crippen molar-refractivity contribution in [1.29, 1.82) is 0 Å². The second kappa shape index (κ2) is 6.26. The van der Waals surface area contributed by atoms with E-state index in [-0.39, 0.29) is 23.4 Å². The summed E-state index contributed by atoms with van der Waals surface area (Å²) in [5, 5.41) is -0.320. The van der Waals surface area contributed by atoms with Gasteiger partial charge in [0, 0.05) is 18.8 Å². The van der Waals surface area contributed by atoms with Gasteiger partial charge in [0.1, 0.15) is 4.90 Å². The van der Waals surface area contributed by atoms with Crippen LogP contribution in [0.1, 0.15) is 19.3 Å². The Labute approximate surface area is 122 Å². The van der Waals surface area contributed by atoms with E-state index < -0.39 is 20.7 Å². The number of rotatable bonds is 4. The number of sulfonamides is 1. The molecule has 0 radical (unpaired) electrons. The number of hydrogen-bond acceptors (Lipinski definition) is 4. The molecule has 0 aromatic heterocycles. The zero-order valence-corrected chi connectivity index (χ0v) is 12.3. The van der Waals surface area contributed by atoms with E-state index in [1.165, 1.54) is 6.07 Å². The highest BCUT2D eigenvalue weighted by Gasteiger charge is 2.24. The largest absolute Gasteiger partial charge is 0.399 e. The molecule has 1 saturated heterocycles. The normalized spacial score (nSPS) is 20.0. The summed E-state index contributed by atoms with van der Waals surface area (Å²) in [7, 11) is -4.00. The molecule has 1 unspecified atom stereocenters. The summed E-state index contributed by atoms with van der Waals surface area (Å²) >= 11 is 5.60. The molecule has 3 N–H and O–H groups in total. The van der Waals surface area contributed by atoms with Crippen LogP contribution in [-0.4, -0.2) is 27.7 Å². The van der Waals surface area contributed by atoms with Gasteiger partial charge in [-0.2, -0.15) is 0 Å². The monoisotopic (exact) mass is 322 g/mol. The summed E-state index contributed by atoms with van der Waals surface area (Å²) in [5.74, 6) is -1.00. The van der Waals surface area contributed by atoms with E-state index in [0.29, 0.717) is 6.61 Å². The van der Waals surface area contributed by atoms with Gasteiger partial charge in [-0.25, -0.2) is 17.5 Å². The Bertz CT molecular complexity index is 589. The van der Waals surface area contributed by atoms with Crippen LogP contribution in [0.3, 0.4) is 0 Å². The summed E-state index contributed by atoms with van der Waals surface area (Å²) in [4.78, 5) is -0.543. The maximum absolute atomic E-state index is 13.8. The van der Waals surface area contributed by atoms with Crippen LogP contribution in [0, 0.1) is 5.82 Å². The van der Waals surface area contributed by atoms with Gasteiger partial charge >= 0.3 is 0 Å². The molecule has 8 heteroatoms. The van der Waals surface area contributed by atoms with Crippen LogP contribution < -0.4 is 10.5 Å². The summed E-state index contributed by atoms with van der Waals surface area (Å²) in [6.07, 6.45) is 2.56. The number of halogens is 2. The highest BCUT2D eigenvalue weighted by atomic mass is 35.5. The van der Waals surface area contributed by atoms with Crippen molar-refractivity contribution in [3.05, 3.63) is 23.0 Å². The van der Waals surface area contributed by atoms with Crippen molar-refractivity contribution in [2.24, 2.45) is 0 Å². The van der Waals surface area contributed by atoms with E-state index in [9.17, 15) is 12.8 Å². The fourth-order valence-corrected chi connectivity index (χ4v) is 3.51. The lowest BCUT2D eigenvalue weighted by Gasteiger charge is -2.22. The van der Waals surface area contributed by atoms with Crippen molar-refractivity contribution >= 4 is 27.3 Å². The van der Waals surface area contributed by atoms with Crippen LogP contribution in [0.15, 0.2) is 17.0 Å². The third-order valence-corrected chi connectivity index (χ3v) is 4.78. The number of anilines is 1. The Morgan fingerprint density at radius 1 is 1.45 bits per heavy atom. The molecule has 2 rings (SSSR count). The zero-order chi connectivity index (χ0) is 14.8. The Morgan fingerprint density at radius 2 is 2.20 bits per heavy atom. The topological polar surface area (TPSA) is 81.4 Å². The van der Waals surface area contributed by atoms with Gasteiger partial charge in [0.25, 0.3) is 0 Å². The average Bonchev–Trinajstić information content (AvgIpc) is 2.42. The zero-order valence-electron chi connectivity index (χ0n) is 10.7. The molecule has 5 nitrogen and oxygen atoms in total. The minimum atomic E-state index is -4.00. The second-order valence-corrected chi connectivity index (χ2v) is 6.80. The molecule has 0 aliphatic carbocycles. The first kappa shape index (κ1) is 15.5. The highest BCUT2D eigenvalue weighted by molar-refractivity contribution is 7.89. The lowest BCUT2D eigenvalue weighted by Crippen LogP contribution is -2.35. The van der Waals surface area contributed by atoms with E-state index in [0.717, 1.165) is 25.3 Å². The van der Waals surface area contributed by atoms with Crippen molar-refractivity contribution in [2.45, 2.75) is 30.3 Å². The fourth-order valence-electron chi connectivity index (χ4n) is 2.03. The highest BCUT2D eigenvalue weighted by Crippen LogP contribution is 2.25. The lowest BCUT2D eigenvalue weighted by molar-refractivity contribution is 0.0200. The molecule has 1 atom stereocenters. The fraction of sp³-hybridized carbons (Fsp3) is 0.500. The lowest BCUT2D eigenvalue weighted by atomic mass is 10.1. The predicted molar refractivity (Wildman–Crippen MR) is 74.6 cm³/mol. The van der Waals surface area contributed by atoms with Gasteiger partial charge in [-0.05, 0) is 31.4 Å². The number of benzene rings is 1. The Hall–Kier alpha value is -0.890. The smallest absolute Gasteiger partial charge is 0.243 e. The van der Waals surface area contributed by atoms with Crippen molar-refractivity contribution in [3.8, 4) is 0 Å². The second-order valence-electron chi connectivity index (χ2n) is 4.66. The molecule has 0 bridgehead atoms. The standard InChI is InChI=1S/C12H16ClFN2O3S/c13-10-5-8(15)6-11(12(10)14)20(17,18)16-7-9-3-1-2-4-19-9/h5-6,9,16H,1-4,7,15H2. The minimum absolute atomic E-state index is 0.0886. The van der Waals surface area contributed by atoms with Gasteiger partial charge in [0.05, 0.1) is 11.1 Å². The Morgan fingerprint density at radius 3 is 2.85 bits per heavy atom. The maximum Gasteiger partial charge on any atom is 0.243 e. The molecule has 1 fully saturated rings. The summed E-state index contributed by atoms with van der Waals surface area (Å²) in [6.45, 7) is 0.721. The SMILES string of the molecule is Nc1cc(Cl)c(F)c(S(=O)(=O)NCC2CCCCO2)c1. The number of nitrogens with two attached hydrogens (primary N) is 1. The predicted octanol–water partition coefficient (Wildman–Crippen LogP) is 1.91. The molecule has 1 aliphatic heterocycles. The third kappa shape index (κ3) is 3.60. The quantitative estimate of drug-likeness (QED) is 0.830. The van der Waals surface area contributed by atoms with Gasteiger partial charge in [0.15, 0.2) is 5.82 Å². The van der Waals surface area contributed by atoms with Crippen LogP contribution in [-0.2, 0) is 14.8 Å². The van der Waals surface area contributed by atoms with E-state index in [4.69, 9.17) is 22.1 Å². The molecule has 112 valence electrons. The van der Waals surface area contributed by atoms with Gasteiger partial charge in [-0.3, -0.25) is 0 Å². The Kier molecular flexibility index (Phi) is 4.85. The van der Waals surface area contributed by atoms with Crippen molar-refractivity contribution in [3.63, 3.8) is 0 Å². The summed E-state index contributed by atoms with van der Waals surface area (Å²) < 4.78 is 45.7. The molecule has 0 saturated carbocycles. The molecule has 1 aliphatic rings. The molecule has 1 heterocycles. The molecule has 0 amide bonds. The van der Waals surface area contributed by atoms with Crippen molar-refractivity contribution in [2.75, 3.05) is 18.9 Å². The van der Waals surface area contributed by atoms with Crippen LogP contribution in [0.4, 0.5) is 10.1 Å². The summed E-state index contributed by atoms with van der Waals surface area (Å²) in [5.41, 5.74) is 5.58. The van der Waals surface area contributed by atoms with Gasteiger partial charge in [0.2, 0.25) is 10.0 Å². The van der Waals surface area contributed by atoms with Crippen molar-refractivity contribution in [1.82, 2.24) is 4.72 Å². The number of hydrogen-bond donors (Lipinski definition) is 2. The minimum Gasteiger partial charge on any atom is -0.399 e. The van der Waals surface area contributed by atoms with Crippen LogP contribution >= 0.6 is 11.6 Å². The summed E-state index contributed by atoms with van der Waals surface area (Å²) in [6, 6.07) is 2.21. The molecule has 1 aromatic carbocycles. The van der Waals surface area contributed by atoms with Crippen LogP contribution in [0.5, 0.6) is 0 Å². The van der Waals surface area contributed by atoms with E-state index in [1.807, 2.05) is 0 Å². The number of nitrogen functional groups attached to an aromatic ring is 1. The molecule has 0 spiro atoms. The number of ether oxygens (including phenoxy) is 1. The van der Waals surface area contributed by atoms with Gasteiger partial charge in [-0.15, -0.1) is 0 Å². The van der Waals surface area contributed by atoms with Crippen LogP contribution in [0.25, 0.3) is 0 Å². The Balaban J connectivity index is 2.14. The first-order chi connectivity index (χ1) is 9.40. The molecular weight excluding hydrogens is 307 g/mol. The van der Waals surface area contributed by atoms with Crippen molar-refractivity contribution < 1.29 is 17.5 Å². The molecular formula is C12H16ClFN2O3S. The third-order valence-electron chi connectivity index (χ3n) is 3.08. The average molecular weight is 323 g/mol. The van der Waals surface area contributed by atoms with E-state index >= 15 is 0 Å².